The van der Waals surface area contributed by atoms with Crippen molar-refractivity contribution in [2.45, 2.75) is 82.3 Å². The molecular weight excluding hydrogens is 352 g/mol. The molecule has 3 amide bonds. The molecule has 0 radical (unpaired) electrons. The summed E-state index contributed by atoms with van der Waals surface area (Å²) in [4.78, 5) is 31.9. The number of nitrogens with one attached hydrogen (secondary N) is 1. The maximum absolute atomic E-state index is 12.7. The minimum Gasteiger partial charge on any atom is -0.342 e. The van der Waals surface area contributed by atoms with Gasteiger partial charge in [0.1, 0.15) is 0 Å². The summed E-state index contributed by atoms with van der Waals surface area (Å²) in [7, 11) is 0. The molecule has 2 saturated carbocycles. The van der Waals surface area contributed by atoms with E-state index in [0.29, 0.717) is 35.9 Å². The molecule has 5 aliphatic rings. The number of amides is 3. The summed E-state index contributed by atoms with van der Waals surface area (Å²) in [5.41, 5.74) is 0. The summed E-state index contributed by atoms with van der Waals surface area (Å²) in [6.07, 6.45) is 11.8. The van der Waals surface area contributed by atoms with Crippen LogP contribution in [0, 0.1) is 11.8 Å². The minimum absolute atomic E-state index is 0.188. The van der Waals surface area contributed by atoms with Crippen molar-refractivity contribution in [3.05, 3.63) is 0 Å². The van der Waals surface area contributed by atoms with Crippen LogP contribution in [0.15, 0.2) is 0 Å². The first kappa shape index (κ1) is 18.7. The van der Waals surface area contributed by atoms with Crippen LogP contribution in [0.3, 0.4) is 0 Å². The van der Waals surface area contributed by atoms with Crippen molar-refractivity contribution in [2.75, 3.05) is 32.7 Å². The molecule has 0 spiro atoms. The molecule has 2 unspecified atom stereocenters. The predicted molar refractivity (Wildman–Crippen MR) is 108 cm³/mol. The van der Waals surface area contributed by atoms with Gasteiger partial charge in [-0.2, -0.15) is 0 Å². The van der Waals surface area contributed by atoms with E-state index in [0.717, 1.165) is 71.2 Å². The van der Waals surface area contributed by atoms with E-state index in [1.165, 1.54) is 25.7 Å². The van der Waals surface area contributed by atoms with Crippen LogP contribution in [0.5, 0.6) is 0 Å². The van der Waals surface area contributed by atoms with Crippen LogP contribution in [-0.2, 0) is 4.79 Å². The van der Waals surface area contributed by atoms with Crippen LogP contribution < -0.4 is 5.32 Å². The Labute approximate surface area is 169 Å². The summed E-state index contributed by atoms with van der Waals surface area (Å²) in [6, 6.07) is 1.71. The Hall–Kier alpha value is -1.30. The van der Waals surface area contributed by atoms with Gasteiger partial charge in [-0.25, -0.2) is 4.79 Å². The largest absolute Gasteiger partial charge is 0.342 e. The van der Waals surface area contributed by atoms with Crippen LogP contribution in [0.2, 0.25) is 0 Å². The number of piperidine rings is 2. The van der Waals surface area contributed by atoms with Crippen molar-refractivity contribution >= 4 is 11.9 Å². The monoisotopic (exact) mass is 388 g/mol. The highest BCUT2D eigenvalue weighted by Gasteiger charge is 2.42. The SMILES string of the molecule is O=C(C1CC1)N1CCC(N2CCC(N3C(=O)NCC4CCCCC43)CC2)CC1. The van der Waals surface area contributed by atoms with E-state index in [1.54, 1.807) is 0 Å². The smallest absolute Gasteiger partial charge is 0.317 e. The zero-order chi connectivity index (χ0) is 19.1. The number of carbonyl (C=O) groups is 2. The Morgan fingerprint density at radius 1 is 0.821 bits per heavy atom. The minimum atomic E-state index is 0.188. The van der Waals surface area contributed by atoms with Crippen molar-refractivity contribution in [2.24, 2.45) is 11.8 Å². The number of urea groups is 1. The Balaban J connectivity index is 1.13. The molecule has 156 valence electrons. The van der Waals surface area contributed by atoms with Crippen LogP contribution in [0.1, 0.15) is 64.2 Å². The molecule has 2 atom stereocenters. The number of carbonyl (C=O) groups excluding carboxylic acids is 2. The molecule has 6 heteroatoms. The highest BCUT2D eigenvalue weighted by molar-refractivity contribution is 5.81. The standard InChI is InChI=1S/C22H36N4O2/c27-21(16-5-6-16)25-13-7-18(8-14-25)24-11-9-19(10-12-24)26-20-4-2-1-3-17(20)15-23-22(26)28/h16-20H,1-15H2,(H,23,28). The third-order valence-corrected chi connectivity index (χ3v) is 8.09. The fourth-order valence-corrected chi connectivity index (χ4v) is 6.26. The highest BCUT2D eigenvalue weighted by Crippen LogP contribution is 2.35. The van der Waals surface area contributed by atoms with Gasteiger partial charge in [-0.15, -0.1) is 0 Å². The second-order valence-corrected chi connectivity index (χ2v) is 9.80. The normalized spacial score (nSPS) is 33.5. The molecule has 0 aromatic carbocycles. The van der Waals surface area contributed by atoms with Gasteiger partial charge in [-0.05, 0) is 57.3 Å². The van der Waals surface area contributed by atoms with E-state index in [1.807, 2.05) is 0 Å². The number of likely N-dealkylation sites (tertiary alicyclic amines) is 2. The number of rotatable bonds is 3. The van der Waals surface area contributed by atoms with Crippen molar-refractivity contribution < 1.29 is 9.59 Å². The molecule has 3 heterocycles. The van der Waals surface area contributed by atoms with Gasteiger partial charge in [0.15, 0.2) is 0 Å². The molecule has 1 N–H and O–H groups in total. The van der Waals surface area contributed by atoms with E-state index >= 15 is 0 Å². The fraction of sp³-hybridized carbons (Fsp3) is 0.909. The van der Waals surface area contributed by atoms with Crippen molar-refractivity contribution in [1.29, 1.82) is 0 Å². The lowest BCUT2D eigenvalue weighted by atomic mass is 9.81. The average Bonchev–Trinajstić information content (AvgIpc) is 3.59. The lowest BCUT2D eigenvalue weighted by molar-refractivity contribution is -0.134. The van der Waals surface area contributed by atoms with Gasteiger partial charge < -0.3 is 20.0 Å². The second-order valence-electron chi connectivity index (χ2n) is 9.80. The number of hydrogen-bond donors (Lipinski definition) is 1. The molecule has 6 nitrogen and oxygen atoms in total. The Bertz CT molecular complexity index is 591. The van der Waals surface area contributed by atoms with Crippen molar-refractivity contribution in [3.8, 4) is 0 Å². The molecule has 2 aliphatic carbocycles. The molecule has 3 aliphatic heterocycles. The lowest BCUT2D eigenvalue weighted by Gasteiger charge is -2.50. The third-order valence-electron chi connectivity index (χ3n) is 8.09. The van der Waals surface area contributed by atoms with Gasteiger partial charge in [0.25, 0.3) is 0 Å². The van der Waals surface area contributed by atoms with Gasteiger partial charge in [0.2, 0.25) is 5.91 Å². The van der Waals surface area contributed by atoms with E-state index in [9.17, 15) is 9.59 Å². The molecule has 0 bridgehead atoms. The molecule has 3 saturated heterocycles. The van der Waals surface area contributed by atoms with Gasteiger partial charge >= 0.3 is 6.03 Å². The van der Waals surface area contributed by atoms with Crippen LogP contribution in [0.4, 0.5) is 4.79 Å². The molecule has 5 fully saturated rings. The summed E-state index contributed by atoms with van der Waals surface area (Å²) in [5, 5.41) is 3.17. The topological polar surface area (TPSA) is 55.9 Å². The summed E-state index contributed by atoms with van der Waals surface area (Å²) in [6.45, 7) is 4.98. The Morgan fingerprint density at radius 2 is 1.50 bits per heavy atom. The zero-order valence-corrected chi connectivity index (χ0v) is 17.2. The van der Waals surface area contributed by atoms with Gasteiger partial charge in [0.05, 0.1) is 0 Å². The van der Waals surface area contributed by atoms with Crippen LogP contribution in [-0.4, -0.2) is 77.5 Å². The average molecular weight is 389 g/mol. The first-order valence-electron chi connectivity index (χ1n) is 11.8. The summed E-state index contributed by atoms with van der Waals surface area (Å²) in [5.74, 6) is 1.43. The Kier molecular flexibility index (Phi) is 5.24. The summed E-state index contributed by atoms with van der Waals surface area (Å²) < 4.78 is 0. The van der Waals surface area contributed by atoms with Gasteiger partial charge in [-0.1, -0.05) is 12.8 Å². The van der Waals surface area contributed by atoms with E-state index in [4.69, 9.17) is 0 Å². The Morgan fingerprint density at radius 3 is 2.21 bits per heavy atom. The van der Waals surface area contributed by atoms with Gasteiger partial charge in [-0.3, -0.25) is 4.79 Å². The van der Waals surface area contributed by atoms with Gasteiger partial charge in [0, 0.05) is 56.8 Å². The van der Waals surface area contributed by atoms with E-state index in [2.05, 4.69) is 20.0 Å². The third kappa shape index (κ3) is 3.64. The highest BCUT2D eigenvalue weighted by atomic mass is 16.2. The summed E-state index contributed by atoms with van der Waals surface area (Å²) >= 11 is 0. The lowest BCUT2D eigenvalue weighted by Crippen LogP contribution is -2.63. The quantitative estimate of drug-likeness (QED) is 0.808. The number of hydrogen-bond acceptors (Lipinski definition) is 3. The van der Waals surface area contributed by atoms with Crippen LogP contribution >= 0.6 is 0 Å². The van der Waals surface area contributed by atoms with Crippen molar-refractivity contribution in [3.63, 3.8) is 0 Å². The molecule has 0 aromatic heterocycles. The fourth-order valence-electron chi connectivity index (χ4n) is 6.26. The van der Waals surface area contributed by atoms with E-state index < -0.39 is 0 Å². The predicted octanol–water partition coefficient (Wildman–Crippen LogP) is 2.44. The maximum Gasteiger partial charge on any atom is 0.317 e. The zero-order valence-electron chi connectivity index (χ0n) is 17.2. The molecular formula is C22H36N4O2. The second kappa shape index (κ2) is 7.85. The number of fused-ring (bicyclic) bond motifs is 1. The van der Waals surface area contributed by atoms with E-state index in [-0.39, 0.29) is 6.03 Å². The van der Waals surface area contributed by atoms with Crippen molar-refractivity contribution in [1.82, 2.24) is 20.0 Å². The number of nitrogens with zero attached hydrogens (tertiary/aromatic N) is 3. The first-order valence-corrected chi connectivity index (χ1v) is 11.8. The molecule has 28 heavy (non-hydrogen) atoms. The van der Waals surface area contributed by atoms with Crippen LogP contribution in [0.25, 0.3) is 0 Å². The maximum atomic E-state index is 12.7. The first-order chi connectivity index (χ1) is 13.7. The molecule has 5 rings (SSSR count). The molecule has 0 aromatic rings.